The average molecular weight is 320 g/mol. The summed E-state index contributed by atoms with van der Waals surface area (Å²) in [5.74, 6) is 0.334. The van der Waals surface area contributed by atoms with Gasteiger partial charge in [-0.3, -0.25) is 4.68 Å². The minimum atomic E-state index is -0.101. The molecule has 22 heavy (non-hydrogen) atoms. The Bertz CT molecular complexity index is 591. The topological polar surface area (TPSA) is 59.0 Å². The van der Waals surface area contributed by atoms with Gasteiger partial charge in [0, 0.05) is 25.3 Å². The van der Waals surface area contributed by atoms with Crippen molar-refractivity contribution in [3.63, 3.8) is 0 Å². The molecule has 5 nitrogen and oxygen atoms in total. The Hall–Kier alpha value is -1.82. The summed E-state index contributed by atoms with van der Waals surface area (Å²) in [7, 11) is 0. The summed E-state index contributed by atoms with van der Waals surface area (Å²) >= 11 is 1.68. The van der Waals surface area contributed by atoms with Crippen LogP contribution in [0.15, 0.2) is 22.9 Å². The fourth-order valence-electron chi connectivity index (χ4n) is 2.30. The van der Waals surface area contributed by atoms with E-state index >= 15 is 0 Å². The number of carbonyl (C=O) groups is 1. The smallest absolute Gasteiger partial charge is 0.314 e. The average Bonchev–Trinajstić information content (AvgIpc) is 3.07. The van der Waals surface area contributed by atoms with Gasteiger partial charge in [-0.25, -0.2) is 4.79 Å². The Balaban J connectivity index is 1.64. The summed E-state index contributed by atoms with van der Waals surface area (Å²) in [6.45, 7) is 8.28. The van der Waals surface area contributed by atoms with Gasteiger partial charge in [-0.2, -0.15) is 16.4 Å². The maximum Gasteiger partial charge on any atom is 0.314 e. The summed E-state index contributed by atoms with van der Waals surface area (Å²) < 4.78 is 2.00. The number of hydrogen-bond donors (Lipinski definition) is 2. The zero-order valence-electron chi connectivity index (χ0n) is 13.4. The number of nitrogens with zero attached hydrogens (tertiary/aromatic N) is 2. The van der Waals surface area contributed by atoms with Gasteiger partial charge in [-0.1, -0.05) is 6.92 Å². The van der Waals surface area contributed by atoms with Gasteiger partial charge >= 0.3 is 6.03 Å². The van der Waals surface area contributed by atoms with Crippen molar-refractivity contribution in [2.24, 2.45) is 5.92 Å². The molecule has 0 aliphatic carbocycles. The van der Waals surface area contributed by atoms with Crippen molar-refractivity contribution in [3.8, 4) is 0 Å². The van der Waals surface area contributed by atoms with Crippen LogP contribution in [-0.2, 0) is 13.0 Å². The molecule has 0 saturated carbocycles. The number of nitrogens with one attached hydrogen (secondary N) is 2. The number of aryl methyl sites for hydroxylation is 2. The Labute approximate surface area is 135 Å². The number of hydrogen-bond acceptors (Lipinski definition) is 3. The lowest BCUT2D eigenvalue weighted by Crippen LogP contribution is -2.39. The maximum absolute atomic E-state index is 11.8. The predicted octanol–water partition coefficient (Wildman–Crippen LogP) is 2.74. The molecule has 0 aliphatic heterocycles. The van der Waals surface area contributed by atoms with E-state index in [0.717, 1.165) is 24.4 Å². The Morgan fingerprint density at radius 3 is 2.86 bits per heavy atom. The largest absolute Gasteiger partial charge is 0.338 e. The first-order chi connectivity index (χ1) is 10.5. The van der Waals surface area contributed by atoms with Crippen LogP contribution in [0.5, 0.6) is 0 Å². The van der Waals surface area contributed by atoms with Gasteiger partial charge in [0.2, 0.25) is 0 Å². The highest BCUT2D eigenvalue weighted by molar-refractivity contribution is 7.07. The first-order valence-electron chi connectivity index (χ1n) is 7.58. The third-order valence-electron chi connectivity index (χ3n) is 3.48. The van der Waals surface area contributed by atoms with Crippen LogP contribution in [0, 0.1) is 19.8 Å². The summed E-state index contributed by atoms with van der Waals surface area (Å²) in [5, 5.41) is 14.4. The summed E-state index contributed by atoms with van der Waals surface area (Å²) in [6.07, 6.45) is 0.873. The van der Waals surface area contributed by atoms with E-state index in [4.69, 9.17) is 0 Å². The number of aromatic nitrogens is 2. The monoisotopic (exact) mass is 320 g/mol. The molecule has 1 unspecified atom stereocenters. The van der Waals surface area contributed by atoms with Gasteiger partial charge in [0.1, 0.15) is 0 Å². The molecule has 120 valence electrons. The van der Waals surface area contributed by atoms with Crippen molar-refractivity contribution in [1.82, 2.24) is 20.4 Å². The highest BCUT2D eigenvalue weighted by Gasteiger charge is 2.08. The fraction of sp³-hybridized carbons (Fsp3) is 0.500. The normalized spacial score (nSPS) is 12.1. The van der Waals surface area contributed by atoms with Crippen molar-refractivity contribution in [1.29, 1.82) is 0 Å². The van der Waals surface area contributed by atoms with Gasteiger partial charge in [0.05, 0.1) is 5.69 Å². The van der Waals surface area contributed by atoms with E-state index in [1.165, 1.54) is 5.56 Å². The molecular formula is C16H24N4OS. The Morgan fingerprint density at radius 1 is 1.41 bits per heavy atom. The van der Waals surface area contributed by atoms with Crippen LogP contribution in [0.25, 0.3) is 0 Å². The molecule has 2 amide bonds. The molecule has 6 heteroatoms. The molecule has 1 atom stereocenters. The lowest BCUT2D eigenvalue weighted by atomic mass is 10.2. The second-order valence-corrected chi connectivity index (χ2v) is 6.51. The van der Waals surface area contributed by atoms with E-state index in [0.29, 0.717) is 19.0 Å². The number of thiophene rings is 1. The first kappa shape index (κ1) is 16.5. The molecule has 0 fully saturated rings. The molecule has 0 bridgehead atoms. The SMILES string of the molecule is Cc1cc(C)n(CC(C)CNC(=O)NCCc2ccsc2)n1. The number of carbonyl (C=O) groups excluding carboxylic acids is 1. The third kappa shape index (κ3) is 5.18. The lowest BCUT2D eigenvalue weighted by molar-refractivity contribution is 0.238. The van der Waals surface area contributed by atoms with E-state index in [9.17, 15) is 4.79 Å². The molecule has 0 saturated heterocycles. The molecule has 2 N–H and O–H groups in total. The fourth-order valence-corrected chi connectivity index (χ4v) is 3.01. The van der Waals surface area contributed by atoms with Crippen LogP contribution in [0.2, 0.25) is 0 Å². The zero-order valence-corrected chi connectivity index (χ0v) is 14.2. The quantitative estimate of drug-likeness (QED) is 0.824. The second-order valence-electron chi connectivity index (χ2n) is 5.73. The molecule has 0 aliphatic rings. The van der Waals surface area contributed by atoms with E-state index in [1.54, 1.807) is 11.3 Å². The van der Waals surface area contributed by atoms with Crippen molar-refractivity contribution >= 4 is 17.4 Å². The minimum Gasteiger partial charge on any atom is -0.338 e. The minimum absolute atomic E-state index is 0.101. The number of amides is 2. The maximum atomic E-state index is 11.8. The van der Waals surface area contributed by atoms with Crippen molar-refractivity contribution in [3.05, 3.63) is 39.8 Å². The van der Waals surface area contributed by atoms with E-state index < -0.39 is 0 Å². The van der Waals surface area contributed by atoms with E-state index in [-0.39, 0.29) is 6.03 Å². The van der Waals surface area contributed by atoms with Crippen LogP contribution < -0.4 is 10.6 Å². The number of rotatable bonds is 7. The predicted molar refractivity (Wildman–Crippen MR) is 90.3 cm³/mol. The van der Waals surface area contributed by atoms with Crippen molar-refractivity contribution in [2.75, 3.05) is 13.1 Å². The molecule has 2 rings (SSSR count). The van der Waals surface area contributed by atoms with E-state index in [1.807, 2.05) is 11.6 Å². The van der Waals surface area contributed by atoms with Crippen LogP contribution in [0.3, 0.4) is 0 Å². The van der Waals surface area contributed by atoms with Crippen LogP contribution in [0.1, 0.15) is 23.9 Å². The van der Waals surface area contributed by atoms with Crippen LogP contribution >= 0.6 is 11.3 Å². The zero-order chi connectivity index (χ0) is 15.9. The lowest BCUT2D eigenvalue weighted by Gasteiger charge is -2.14. The number of urea groups is 1. The van der Waals surface area contributed by atoms with Gasteiger partial charge in [-0.05, 0) is 54.6 Å². The summed E-state index contributed by atoms with van der Waals surface area (Å²) in [5.41, 5.74) is 3.46. The molecular weight excluding hydrogens is 296 g/mol. The molecule has 0 spiro atoms. The van der Waals surface area contributed by atoms with E-state index in [2.05, 4.69) is 52.5 Å². The highest BCUT2D eigenvalue weighted by atomic mass is 32.1. The van der Waals surface area contributed by atoms with Crippen molar-refractivity contribution < 1.29 is 4.79 Å². The summed E-state index contributed by atoms with van der Waals surface area (Å²) in [4.78, 5) is 11.8. The second kappa shape index (κ2) is 7.98. The van der Waals surface area contributed by atoms with Crippen molar-refractivity contribution in [2.45, 2.75) is 33.7 Å². The first-order valence-corrected chi connectivity index (χ1v) is 8.52. The van der Waals surface area contributed by atoms with Gasteiger partial charge in [-0.15, -0.1) is 0 Å². The molecule has 2 heterocycles. The molecule has 0 radical (unpaired) electrons. The summed E-state index contributed by atoms with van der Waals surface area (Å²) in [6, 6.07) is 4.05. The van der Waals surface area contributed by atoms with Crippen LogP contribution in [-0.4, -0.2) is 28.9 Å². The third-order valence-corrected chi connectivity index (χ3v) is 4.21. The Kier molecular flexibility index (Phi) is 6.00. The van der Waals surface area contributed by atoms with Gasteiger partial charge < -0.3 is 10.6 Å². The van der Waals surface area contributed by atoms with Gasteiger partial charge in [0.15, 0.2) is 0 Å². The molecule has 2 aromatic heterocycles. The molecule has 0 aromatic carbocycles. The highest BCUT2D eigenvalue weighted by Crippen LogP contribution is 2.06. The standard InChI is InChI=1S/C16H24N4OS/c1-12(10-20-14(3)8-13(2)19-20)9-18-16(21)17-6-4-15-5-7-22-11-15/h5,7-8,11-12H,4,6,9-10H2,1-3H3,(H2,17,18,21). The Morgan fingerprint density at radius 2 is 2.23 bits per heavy atom. The van der Waals surface area contributed by atoms with Gasteiger partial charge in [0.25, 0.3) is 0 Å². The molecule has 2 aromatic rings. The van der Waals surface area contributed by atoms with Crippen LogP contribution in [0.4, 0.5) is 4.79 Å².